The average molecular weight is 236 g/mol. The number of fused-ring (bicyclic) bond motifs is 2. The molecule has 0 bridgehead atoms. The molecule has 1 aliphatic rings. The summed E-state index contributed by atoms with van der Waals surface area (Å²) < 4.78 is 0. The molecule has 0 aromatic heterocycles. The second-order valence-corrected chi connectivity index (χ2v) is 4.42. The third-order valence-electron chi connectivity index (χ3n) is 3.14. The van der Waals surface area contributed by atoms with Gasteiger partial charge in [-0.15, -0.1) is 0 Å². The molecule has 0 N–H and O–H groups in total. The molecule has 3 rings (SSSR count). The fraction of sp³-hybridized carbons (Fsp3) is 0.222. The van der Waals surface area contributed by atoms with Gasteiger partial charge in [-0.1, -0.05) is 61.9 Å². The van der Waals surface area contributed by atoms with Gasteiger partial charge in [0.05, 0.1) is 0 Å². The summed E-state index contributed by atoms with van der Waals surface area (Å²) in [6, 6.07) is 13.1. The van der Waals surface area contributed by atoms with Crippen LogP contribution in [0.25, 0.3) is 22.9 Å². The van der Waals surface area contributed by atoms with E-state index in [1.807, 2.05) is 13.8 Å². The Morgan fingerprint density at radius 1 is 0.833 bits per heavy atom. The lowest BCUT2D eigenvalue weighted by atomic mass is 10.1. The normalized spacial score (nSPS) is 13.2. The minimum atomic E-state index is 1.06. The van der Waals surface area contributed by atoms with Crippen molar-refractivity contribution in [1.29, 1.82) is 0 Å². The molecule has 1 aliphatic carbocycles. The van der Waals surface area contributed by atoms with E-state index < -0.39 is 0 Å². The minimum absolute atomic E-state index is 1.06. The van der Waals surface area contributed by atoms with Crippen LogP contribution in [-0.4, -0.2) is 0 Å². The van der Waals surface area contributed by atoms with Gasteiger partial charge in [0.25, 0.3) is 0 Å². The van der Waals surface area contributed by atoms with Crippen molar-refractivity contribution in [3.63, 3.8) is 0 Å². The second-order valence-electron chi connectivity index (χ2n) is 4.42. The Morgan fingerprint density at radius 2 is 1.44 bits per heavy atom. The van der Waals surface area contributed by atoms with Crippen molar-refractivity contribution in [3.05, 3.63) is 58.5 Å². The van der Waals surface area contributed by atoms with Gasteiger partial charge in [-0.05, 0) is 46.7 Å². The summed E-state index contributed by atoms with van der Waals surface area (Å²) in [5.41, 5.74) is 1.42. The second kappa shape index (κ2) is 5.68. The molecule has 0 heterocycles. The maximum Gasteiger partial charge on any atom is -0.0129 e. The van der Waals surface area contributed by atoms with Crippen molar-refractivity contribution >= 4 is 22.9 Å². The van der Waals surface area contributed by atoms with E-state index in [0.29, 0.717) is 0 Å². The molecule has 0 amide bonds. The van der Waals surface area contributed by atoms with E-state index in [1.165, 1.54) is 26.8 Å². The van der Waals surface area contributed by atoms with Gasteiger partial charge in [0.2, 0.25) is 0 Å². The average Bonchev–Trinajstić information content (AvgIpc) is 2.61. The molecule has 0 fully saturated rings. The molecule has 0 saturated carbocycles. The van der Waals surface area contributed by atoms with E-state index in [0.717, 1.165) is 6.42 Å². The maximum absolute atomic E-state index is 2.32. The molecule has 18 heavy (non-hydrogen) atoms. The van der Waals surface area contributed by atoms with Gasteiger partial charge in [0.1, 0.15) is 0 Å². The predicted octanol–water partition coefficient (Wildman–Crippen LogP) is 3.78. The Labute approximate surface area is 109 Å². The quantitative estimate of drug-likeness (QED) is 0.653. The summed E-state index contributed by atoms with van der Waals surface area (Å²) >= 11 is 0. The lowest BCUT2D eigenvalue weighted by Gasteiger charge is -1.97. The summed E-state index contributed by atoms with van der Waals surface area (Å²) in [4.78, 5) is 0. The topological polar surface area (TPSA) is 0 Å². The molecule has 0 saturated heterocycles. The van der Waals surface area contributed by atoms with Crippen LogP contribution in [-0.2, 0) is 0 Å². The third kappa shape index (κ3) is 2.53. The zero-order chi connectivity index (χ0) is 13.0. The zero-order valence-corrected chi connectivity index (χ0v) is 11.4. The predicted molar refractivity (Wildman–Crippen MR) is 81.9 cm³/mol. The van der Waals surface area contributed by atoms with E-state index in [-0.39, 0.29) is 0 Å². The number of allylic oxidation sites excluding steroid dienone is 2. The zero-order valence-electron chi connectivity index (χ0n) is 11.4. The standard InChI is InChI=1S/C16H14.C2H6/c1-12-6-8-15-10-13-4-2-3-5-14(13)11-16(15)9-7-12;1-2/h2-6,8-11H,7H2,1H3;1-2H3. The van der Waals surface area contributed by atoms with E-state index in [2.05, 4.69) is 61.5 Å². The highest BCUT2D eigenvalue weighted by Gasteiger charge is 1.96. The van der Waals surface area contributed by atoms with E-state index >= 15 is 0 Å². The molecule has 0 heteroatoms. The van der Waals surface area contributed by atoms with Crippen LogP contribution in [0.3, 0.4) is 0 Å². The van der Waals surface area contributed by atoms with Gasteiger partial charge < -0.3 is 0 Å². The van der Waals surface area contributed by atoms with Crippen LogP contribution >= 0.6 is 0 Å². The highest BCUT2D eigenvalue weighted by atomic mass is 14.0. The summed E-state index contributed by atoms with van der Waals surface area (Å²) in [5, 5.41) is 5.33. The van der Waals surface area contributed by atoms with Crippen molar-refractivity contribution in [2.45, 2.75) is 27.2 Å². The van der Waals surface area contributed by atoms with Crippen LogP contribution in [0.4, 0.5) is 0 Å². The first kappa shape index (κ1) is 12.6. The molecule has 0 unspecified atom stereocenters. The number of benzene rings is 2. The molecule has 0 aliphatic heterocycles. The molecule has 0 nitrogen and oxygen atoms in total. The van der Waals surface area contributed by atoms with E-state index in [9.17, 15) is 0 Å². The molecule has 0 radical (unpaired) electrons. The van der Waals surface area contributed by atoms with Crippen LogP contribution in [0.2, 0.25) is 0 Å². The first-order valence-corrected chi connectivity index (χ1v) is 6.69. The Hall–Kier alpha value is -1.82. The molecular formula is C18H20. The van der Waals surface area contributed by atoms with Gasteiger partial charge in [-0.3, -0.25) is 0 Å². The Bertz CT molecular complexity index is 688. The highest BCUT2D eigenvalue weighted by molar-refractivity contribution is 5.83. The molecular weight excluding hydrogens is 216 g/mol. The van der Waals surface area contributed by atoms with Gasteiger partial charge in [0.15, 0.2) is 0 Å². The fourth-order valence-corrected chi connectivity index (χ4v) is 2.17. The van der Waals surface area contributed by atoms with Crippen molar-refractivity contribution in [2.75, 3.05) is 0 Å². The van der Waals surface area contributed by atoms with Gasteiger partial charge in [0, 0.05) is 0 Å². The SMILES string of the molecule is CC.CC1=CC=c2cc3ccccc3cc2=CC1. The van der Waals surface area contributed by atoms with E-state index in [4.69, 9.17) is 0 Å². The van der Waals surface area contributed by atoms with Crippen LogP contribution in [0.5, 0.6) is 0 Å². The maximum atomic E-state index is 2.32. The Kier molecular flexibility index (Phi) is 3.99. The Balaban J connectivity index is 0.000000574. The largest absolute Gasteiger partial charge is 0.0726 e. The van der Waals surface area contributed by atoms with Crippen LogP contribution in [0.1, 0.15) is 27.2 Å². The first-order chi connectivity index (χ1) is 8.83. The number of rotatable bonds is 0. The fourth-order valence-electron chi connectivity index (χ4n) is 2.17. The van der Waals surface area contributed by atoms with E-state index in [1.54, 1.807) is 0 Å². The highest BCUT2D eigenvalue weighted by Crippen LogP contribution is 2.09. The lowest BCUT2D eigenvalue weighted by molar-refractivity contribution is 1.27. The minimum Gasteiger partial charge on any atom is -0.0726 e. The summed E-state index contributed by atoms with van der Waals surface area (Å²) in [6.07, 6.45) is 7.82. The third-order valence-corrected chi connectivity index (χ3v) is 3.14. The van der Waals surface area contributed by atoms with Gasteiger partial charge >= 0.3 is 0 Å². The van der Waals surface area contributed by atoms with Crippen LogP contribution in [0.15, 0.2) is 48.0 Å². The van der Waals surface area contributed by atoms with Gasteiger partial charge in [-0.2, -0.15) is 0 Å². The summed E-state index contributed by atoms with van der Waals surface area (Å²) in [7, 11) is 0. The van der Waals surface area contributed by atoms with Crippen molar-refractivity contribution in [2.24, 2.45) is 0 Å². The lowest BCUT2D eigenvalue weighted by Crippen LogP contribution is -2.23. The summed E-state index contributed by atoms with van der Waals surface area (Å²) in [5.74, 6) is 0. The van der Waals surface area contributed by atoms with Crippen LogP contribution in [0, 0.1) is 0 Å². The Morgan fingerprint density at radius 3 is 2.11 bits per heavy atom. The van der Waals surface area contributed by atoms with Crippen LogP contribution < -0.4 is 10.4 Å². The molecule has 2 aromatic carbocycles. The smallest absolute Gasteiger partial charge is 0.0129 e. The van der Waals surface area contributed by atoms with Gasteiger partial charge in [-0.25, -0.2) is 0 Å². The number of hydrogen-bond donors (Lipinski definition) is 0. The van der Waals surface area contributed by atoms with Crippen molar-refractivity contribution in [1.82, 2.24) is 0 Å². The van der Waals surface area contributed by atoms with Crippen molar-refractivity contribution < 1.29 is 0 Å². The monoisotopic (exact) mass is 236 g/mol. The molecule has 2 aromatic rings. The van der Waals surface area contributed by atoms with Crippen molar-refractivity contribution in [3.8, 4) is 0 Å². The molecule has 0 atom stereocenters. The first-order valence-electron chi connectivity index (χ1n) is 6.69. The summed E-state index contributed by atoms with van der Waals surface area (Å²) in [6.45, 7) is 6.18. The molecule has 92 valence electrons. The molecule has 0 spiro atoms. The number of hydrogen-bond acceptors (Lipinski definition) is 0.